The molecule has 0 fully saturated rings. The molecular weight excluding hydrogens is 268 g/mol. The molecule has 0 aliphatic heterocycles. The fourth-order valence-electron chi connectivity index (χ4n) is 0.888. The summed E-state index contributed by atoms with van der Waals surface area (Å²) >= 11 is 4.39. The summed E-state index contributed by atoms with van der Waals surface area (Å²) in [5, 5.41) is 0.888. The first-order chi connectivity index (χ1) is 6.54. The van der Waals surface area contributed by atoms with Crippen LogP contribution in [0.25, 0.3) is 0 Å². The third-order valence-corrected chi connectivity index (χ3v) is 2.81. The van der Waals surface area contributed by atoms with E-state index in [4.69, 9.17) is 10.5 Å². The van der Waals surface area contributed by atoms with Gasteiger partial charge >= 0.3 is 5.97 Å². The highest BCUT2D eigenvalue weighted by molar-refractivity contribution is 9.08. The summed E-state index contributed by atoms with van der Waals surface area (Å²) in [6.45, 7) is 3.60. The number of nitrogens with zero attached hydrogens (tertiary/aromatic N) is 1. The van der Waals surface area contributed by atoms with Crippen LogP contribution in [0.4, 0.5) is 5.13 Å². The lowest BCUT2D eigenvalue weighted by Gasteiger charge is -2.06. The number of nitrogen functional groups attached to an aromatic ring is 1. The molecule has 1 aromatic heterocycles. The lowest BCUT2D eigenvalue weighted by molar-refractivity contribution is 0.0382. The zero-order chi connectivity index (χ0) is 10.7. The van der Waals surface area contributed by atoms with E-state index in [1.165, 1.54) is 0 Å². The third kappa shape index (κ3) is 2.68. The Morgan fingerprint density at radius 3 is 2.86 bits per heavy atom. The molecule has 1 heterocycles. The Morgan fingerprint density at radius 2 is 2.36 bits per heavy atom. The number of carbonyl (C=O) groups is 1. The molecule has 0 bridgehead atoms. The lowest BCUT2D eigenvalue weighted by atomic mass is 10.4. The molecule has 0 radical (unpaired) electrons. The highest BCUT2D eigenvalue weighted by Gasteiger charge is 2.18. The minimum absolute atomic E-state index is 0.131. The average molecular weight is 279 g/mol. The van der Waals surface area contributed by atoms with Crippen molar-refractivity contribution < 1.29 is 9.53 Å². The summed E-state index contributed by atoms with van der Waals surface area (Å²) < 4.78 is 5.05. The second-order valence-electron chi connectivity index (χ2n) is 2.92. The first-order valence-electron chi connectivity index (χ1n) is 4.06. The normalized spacial score (nSPS) is 10.6. The van der Waals surface area contributed by atoms with Crippen molar-refractivity contribution in [3.63, 3.8) is 0 Å². The molecule has 6 heteroatoms. The van der Waals surface area contributed by atoms with Crippen molar-refractivity contribution in [2.45, 2.75) is 25.3 Å². The van der Waals surface area contributed by atoms with Crippen LogP contribution in [0.1, 0.15) is 29.2 Å². The topological polar surface area (TPSA) is 65.2 Å². The fourth-order valence-corrected chi connectivity index (χ4v) is 2.21. The van der Waals surface area contributed by atoms with E-state index in [1.807, 2.05) is 0 Å². The molecule has 0 spiro atoms. The van der Waals surface area contributed by atoms with Crippen molar-refractivity contribution >= 4 is 38.4 Å². The molecular formula is C8H11BrN2O2S. The van der Waals surface area contributed by atoms with Crippen LogP contribution in [0, 0.1) is 0 Å². The Labute approximate surface area is 94.6 Å². The van der Waals surface area contributed by atoms with Gasteiger partial charge in [-0.1, -0.05) is 27.3 Å². The van der Waals surface area contributed by atoms with Crippen molar-refractivity contribution in [2.24, 2.45) is 0 Å². The van der Waals surface area contributed by atoms with Gasteiger partial charge in [0.1, 0.15) is 4.88 Å². The number of rotatable bonds is 3. The Morgan fingerprint density at radius 1 is 1.71 bits per heavy atom. The van der Waals surface area contributed by atoms with Crippen molar-refractivity contribution in [2.75, 3.05) is 5.73 Å². The van der Waals surface area contributed by atoms with E-state index in [0.29, 0.717) is 21.0 Å². The number of carbonyl (C=O) groups excluding carboxylic acids is 1. The van der Waals surface area contributed by atoms with Crippen molar-refractivity contribution in [1.82, 2.24) is 4.98 Å². The number of anilines is 1. The Kier molecular flexibility index (Phi) is 3.88. The van der Waals surface area contributed by atoms with Gasteiger partial charge in [0.25, 0.3) is 0 Å². The molecule has 0 unspecified atom stereocenters. The zero-order valence-corrected chi connectivity index (χ0v) is 10.3. The van der Waals surface area contributed by atoms with E-state index < -0.39 is 0 Å². The van der Waals surface area contributed by atoms with Crippen LogP contribution >= 0.6 is 27.3 Å². The molecule has 4 nitrogen and oxygen atoms in total. The van der Waals surface area contributed by atoms with Crippen molar-refractivity contribution in [3.05, 3.63) is 10.6 Å². The molecule has 2 N–H and O–H groups in total. The van der Waals surface area contributed by atoms with Gasteiger partial charge in [-0.3, -0.25) is 0 Å². The number of nitrogens with two attached hydrogens (primary N) is 1. The van der Waals surface area contributed by atoms with Gasteiger partial charge in [-0.2, -0.15) is 0 Å². The van der Waals surface area contributed by atoms with Crippen LogP contribution < -0.4 is 5.73 Å². The quantitative estimate of drug-likeness (QED) is 0.680. The summed E-state index contributed by atoms with van der Waals surface area (Å²) in [7, 11) is 0. The smallest absolute Gasteiger partial charge is 0.350 e. The molecule has 0 aliphatic carbocycles. The number of ether oxygens (including phenoxy) is 1. The molecule has 0 amide bonds. The van der Waals surface area contributed by atoms with E-state index >= 15 is 0 Å². The largest absolute Gasteiger partial charge is 0.459 e. The van der Waals surface area contributed by atoms with Gasteiger partial charge in [0.05, 0.1) is 11.8 Å². The van der Waals surface area contributed by atoms with Crippen LogP contribution in [0.5, 0.6) is 0 Å². The van der Waals surface area contributed by atoms with Gasteiger partial charge in [-0.25, -0.2) is 9.78 Å². The second-order valence-corrected chi connectivity index (χ2v) is 4.51. The van der Waals surface area contributed by atoms with E-state index in [-0.39, 0.29) is 12.1 Å². The van der Waals surface area contributed by atoms with E-state index in [9.17, 15) is 4.79 Å². The molecule has 0 saturated carbocycles. The monoisotopic (exact) mass is 278 g/mol. The number of hydrogen-bond donors (Lipinski definition) is 1. The number of hydrogen-bond acceptors (Lipinski definition) is 5. The van der Waals surface area contributed by atoms with Gasteiger partial charge in [-0.15, -0.1) is 0 Å². The standard InChI is InChI=1S/C8H11BrN2O2S/c1-4(2)13-7(12)6-5(3-9)11-8(10)14-6/h4H,3H2,1-2H3,(H2,10,11). The second kappa shape index (κ2) is 4.75. The molecule has 0 aliphatic rings. The number of aromatic nitrogens is 1. The third-order valence-electron chi connectivity index (χ3n) is 1.37. The highest BCUT2D eigenvalue weighted by atomic mass is 79.9. The molecule has 0 aromatic carbocycles. The van der Waals surface area contributed by atoms with E-state index in [2.05, 4.69) is 20.9 Å². The van der Waals surface area contributed by atoms with Crippen LogP contribution in [0.15, 0.2) is 0 Å². The molecule has 14 heavy (non-hydrogen) atoms. The summed E-state index contributed by atoms with van der Waals surface area (Å²) in [4.78, 5) is 16.0. The fraction of sp³-hybridized carbons (Fsp3) is 0.500. The maximum Gasteiger partial charge on any atom is 0.350 e. The lowest BCUT2D eigenvalue weighted by Crippen LogP contribution is -2.11. The van der Waals surface area contributed by atoms with Gasteiger partial charge in [-0.05, 0) is 13.8 Å². The van der Waals surface area contributed by atoms with Crippen LogP contribution in [-0.4, -0.2) is 17.1 Å². The van der Waals surface area contributed by atoms with Crippen molar-refractivity contribution in [1.29, 1.82) is 0 Å². The Bertz CT molecular complexity index is 338. The van der Waals surface area contributed by atoms with Crippen LogP contribution in [0.2, 0.25) is 0 Å². The number of alkyl halides is 1. The minimum atomic E-state index is -0.358. The van der Waals surface area contributed by atoms with E-state index in [0.717, 1.165) is 11.3 Å². The maximum atomic E-state index is 11.5. The predicted molar refractivity (Wildman–Crippen MR) is 59.7 cm³/mol. The number of esters is 1. The van der Waals surface area contributed by atoms with Gasteiger partial charge in [0.2, 0.25) is 0 Å². The number of halogens is 1. The molecule has 78 valence electrons. The Hall–Kier alpha value is -0.620. The van der Waals surface area contributed by atoms with Gasteiger partial charge in [0, 0.05) is 5.33 Å². The molecule has 0 saturated heterocycles. The summed E-state index contributed by atoms with van der Waals surface area (Å²) in [5.41, 5.74) is 6.14. The average Bonchev–Trinajstić information content (AvgIpc) is 2.45. The summed E-state index contributed by atoms with van der Waals surface area (Å²) in [6.07, 6.45) is -0.131. The first-order valence-corrected chi connectivity index (χ1v) is 6.00. The van der Waals surface area contributed by atoms with E-state index in [1.54, 1.807) is 13.8 Å². The molecule has 1 aromatic rings. The van der Waals surface area contributed by atoms with Crippen LogP contribution in [0.3, 0.4) is 0 Å². The first kappa shape index (κ1) is 11.5. The maximum absolute atomic E-state index is 11.5. The molecule has 1 rings (SSSR count). The van der Waals surface area contributed by atoms with Crippen molar-refractivity contribution in [3.8, 4) is 0 Å². The van der Waals surface area contributed by atoms with Crippen LogP contribution in [-0.2, 0) is 10.1 Å². The minimum Gasteiger partial charge on any atom is -0.459 e. The zero-order valence-electron chi connectivity index (χ0n) is 7.91. The SMILES string of the molecule is CC(C)OC(=O)c1sc(N)nc1CBr. The number of thiazole rings is 1. The Balaban J connectivity index is 2.88. The molecule has 0 atom stereocenters. The highest BCUT2D eigenvalue weighted by Crippen LogP contribution is 2.23. The summed E-state index contributed by atoms with van der Waals surface area (Å²) in [6, 6.07) is 0. The van der Waals surface area contributed by atoms with Gasteiger partial charge < -0.3 is 10.5 Å². The summed E-state index contributed by atoms with van der Waals surface area (Å²) in [5.74, 6) is -0.358. The van der Waals surface area contributed by atoms with Gasteiger partial charge in [0.15, 0.2) is 5.13 Å². The predicted octanol–water partition coefficient (Wildman–Crippen LogP) is 2.19.